The van der Waals surface area contributed by atoms with Crippen molar-refractivity contribution >= 4 is 10.8 Å². The van der Waals surface area contributed by atoms with E-state index in [0.717, 1.165) is 50.3 Å². The maximum absolute atomic E-state index is 13.9. The van der Waals surface area contributed by atoms with Gasteiger partial charge in [-0.3, -0.25) is 4.21 Å². The first-order valence-electron chi connectivity index (χ1n) is 7.62. The van der Waals surface area contributed by atoms with Crippen molar-refractivity contribution in [3.63, 3.8) is 0 Å². The number of nitrogens with two attached hydrogens (primary N) is 1. The summed E-state index contributed by atoms with van der Waals surface area (Å²) in [5, 5.41) is -0.170. The zero-order valence-electron chi connectivity index (χ0n) is 12.4. The van der Waals surface area contributed by atoms with Gasteiger partial charge in [-0.05, 0) is 49.4 Å². The maximum atomic E-state index is 13.9. The van der Waals surface area contributed by atoms with Crippen molar-refractivity contribution in [2.45, 2.75) is 49.2 Å². The van der Waals surface area contributed by atoms with Crippen LogP contribution in [0.5, 0.6) is 0 Å². The summed E-state index contributed by atoms with van der Waals surface area (Å²) < 4.78 is 39.9. The van der Waals surface area contributed by atoms with Crippen molar-refractivity contribution in [3.8, 4) is 0 Å². The lowest BCUT2D eigenvalue weighted by Crippen LogP contribution is -2.37. The number of hydrogen-bond donors (Lipinski definition) is 1. The van der Waals surface area contributed by atoms with E-state index in [-0.39, 0.29) is 16.1 Å². The van der Waals surface area contributed by atoms with E-state index in [9.17, 15) is 13.0 Å². The zero-order chi connectivity index (χ0) is 15.4. The van der Waals surface area contributed by atoms with E-state index >= 15 is 0 Å². The molecule has 1 saturated carbocycles. The van der Waals surface area contributed by atoms with Gasteiger partial charge in [0.05, 0.1) is 15.7 Å². The Morgan fingerprint density at radius 1 is 1.33 bits per heavy atom. The average Bonchev–Trinajstić information content (AvgIpc) is 2.49. The topological polar surface area (TPSA) is 43.1 Å². The van der Waals surface area contributed by atoms with Crippen LogP contribution in [-0.4, -0.2) is 16.0 Å². The number of halogens is 2. The SMILES string of the molecule is CCCC1CCC(CN)C(S(=O)c2cc(F)ccc2F)C1. The molecule has 1 aliphatic carbocycles. The highest BCUT2D eigenvalue weighted by Crippen LogP contribution is 2.36. The van der Waals surface area contributed by atoms with Crippen LogP contribution in [0.4, 0.5) is 8.78 Å². The van der Waals surface area contributed by atoms with Gasteiger partial charge >= 0.3 is 0 Å². The molecule has 0 bridgehead atoms. The molecule has 0 amide bonds. The second-order valence-electron chi connectivity index (χ2n) is 5.87. The number of benzene rings is 1. The van der Waals surface area contributed by atoms with E-state index < -0.39 is 22.4 Å². The minimum Gasteiger partial charge on any atom is -0.330 e. The van der Waals surface area contributed by atoms with Crippen LogP contribution in [0.1, 0.15) is 39.0 Å². The Labute approximate surface area is 127 Å². The minimum atomic E-state index is -1.54. The maximum Gasteiger partial charge on any atom is 0.139 e. The Kier molecular flexibility index (Phi) is 5.88. The Hall–Kier alpha value is -0.810. The Bertz CT molecular complexity index is 509. The zero-order valence-corrected chi connectivity index (χ0v) is 13.2. The fraction of sp³-hybridized carbons (Fsp3) is 0.625. The second kappa shape index (κ2) is 7.45. The molecule has 0 radical (unpaired) electrons. The van der Waals surface area contributed by atoms with Crippen LogP contribution < -0.4 is 5.73 Å². The molecule has 0 aliphatic heterocycles. The largest absolute Gasteiger partial charge is 0.330 e. The van der Waals surface area contributed by atoms with Crippen LogP contribution in [0.25, 0.3) is 0 Å². The van der Waals surface area contributed by atoms with Crippen molar-refractivity contribution in [1.82, 2.24) is 0 Å². The van der Waals surface area contributed by atoms with Gasteiger partial charge in [0.15, 0.2) is 0 Å². The molecule has 118 valence electrons. The van der Waals surface area contributed by atoms with Gasteiger partial charge in [0.25, 0.3) is 0 Å². The van der Waals surface area contributed by atoms with Crippen LogP contribution in [0.3, 0.4) is 0 Å². The van der Waals surface area contributed by atoms with Gasteiger partial charge in [0.1, 0.15) is 11.6 Å². The Morgan fingerprint density at radius 3 is 2.76 bits per heavy atom. The van der Waals surface area contributed by atoms with E-state index in [4.69, 9.17) is 5.73 Å². The molecule has 4 atom stereocenters. The normalized spacial score (nSPS) is 27.5. The van der Waals surface area contributed by atoms with Crippen LogP contribution in [0, 0.1) is 23.5 Å². The molecule has 0 heterocycles. The summed E-state index contributed by atoms with van der Waals surface area (Å²) in [6.07, 6.45) is 4.99. The first-order chi connectivity index (χ1) is 10.1. The van der Waals surface area contributed by atoms with Gasteiger partial charge in [0.2, 0.25) is 0 Å². The van der Waals surface area contributed by atoms with Gasteiger partial charge < -0.3 is 5.73 Å². The number of hydrogen-bond acceptors (Lipinski definition) is 2. The molecule has 2 rings (SSSR count). The Balaban J connectivity index is 2.23. The van der Waals surface area contributed by atoms with Gasteiger partial charge in [-0.2, -0.15) is 0 Å². The molecule has 1 fully saturated rings. The van der Waals surface area contributed by atoms with Crippen LogP contribution >= 0.6 is 0 Å². The summed E-state index contributed by atoms with van der Waals surface area (Å²) in [7, 11) is -1.54. The van der Waals surface area contributed by atoms with Gasteiger partial charge in [-0.15, -0.1) is 0 Å². The van der Waals surface area contributed by atoms with Crippen LogP contribution in [0.2, 0.25) is 0 Å². The highest BCUT2D eigenvalue weighted by molar-refractivity contribution is 7.85. The van der Waals surface area contributed by atoms with Gasteiger partial charge in [-0.25, -0.2) is 8.78 Å². The summed E-state index contributed by atoms with van der Waals surface area (Å²) in [6, 6.07) is 3.16. The lowest BCUT2D eigenvalue weighted by atomic mass is 9.80. The molecule has 0 aromatic heterocycles. The molecule has 21 heavy (non-hydrogen) atoms. The Morgan fingerprint density at radius 2 is 2.10 bits per heavy atom. The fourth-order valence-electron chi connectivity index (χ4n) is 3.27. The lowest BCUT2D eigenvalue weighted by molar-refractivity contribution is 0.272. The van der Waals surface area contributed by atoms with Crippen molar-refractivity contribution in [3.05, 3.63) is 29.8 Å². The molecule has 1 aromatic carbocycles. The molecule has 5 heteroatoms. The third-order valence-electron chi connectivity index (χ3n) is 4.42. The summed E-state index contributed by atoms with van der Waals surface area (Å²) in [4.78, 5) is -0.0180. The van der Waals surface area contributed by atoms with Crippen molar-refractivity contribution in [2.24, 2.45) is 17.6 Å². The minimum absolute atomic E-state index is 0.0180. The van der Waals surface area contributed by atoms with Crippen LogP contribution in [0.15, 0.2) is 23.1 Å². The summed E-state index contributed by atoms with van der Waals surface area (Å²) in [6.45, 7) is 2.58. The van der Waals surface area contributed by atoms with E-state index in [2.05, 4.69) is 6.92 Å². The van der Waals surface area contributed by atoms with Crippen molar-refractivity contribution in [2.75, 3.05) is 6.54 Å². The quantitative estimate of drug-likeness (QED) is 0.902. The highest BCUT2D eigenvalue weighted by Gasteiger charge is 2.34. The molecule has 2 N–H and O–H groups in total. The molecule has 2 nitrogen and oxygen atoms in total. The van der Waals surface area contributed by atoms with E-state index in [0.29, 0.717) is 12.5 Å². The van der Waals surface area contributed by atoms with Crippen molar-refractivity contribution in [1.29, 1.82) is 0 Å². The first kappa shape index (κ1) is 16.6. The lowest BCUT2D eigenvalue weighted by Gasteiger charge is -2.35. The highest BCUT2D eigenvalue weighted by atomic mass is 32.2. The average molecular weight is 315 g/mol. The molecule has 4 unspecified atom stereocenters. The van der Waals surface area contributed by atoms with Gasteiger partial charge in [-0.1, -0.05) is 26.2 Å². The molecule has 1 aromatic rings. The van der Waals surface area contributed by atoms with E-state index in [1.54, 1.807) is 0 Å². The standard InChI is InChI=1S/C16H23F2NOS/c1-2-3-11-4-5-12(10-19)15(8-11)21(20)16-9-13(17)6-7-14(16)18/h6-7,9,11-12,15H,2-5,8,10,19H2,1H3. The second-order valence-corrected chi connectivity index (χ2v) is 7.51. The monoisotopic (exact) mass is 315 g/mol. The first-order valence-corrected chi connectivity index (χ1v) is 8.83. The number of rotatable bonds is 5. The third kappa shape index (κ3) is 3.89. The molecular formula is C16H23F2NOS. The molecule has 0 saturated heterocycles. The molecule has 1 aliphatic rings. The van der Waals surface area contributed by atoms with Crippen molar-refractivity contribution < 1.29 is 13.0 Å². The smallest absolute Gasteiger partial charge is 0.139 e. The summed E-state index contributed by atoms with van der Waals surface area (Å²) in [5.41, 5.74) is 5.79. The predicted molar refractivity (Wildman–Crippen MR) is 81.3 cm³/mol. The summed E-state index contributed by atoms with van der Waals surface area (Å²) in [5.74, 6) is -0.502. The fourth-order valence-corrected chi connectivity index (χ4v) is 5.13. The van der Waals surface area contributed by atoms with Gasteiger partial charge in [0, 0.05) is 5.25 Å². The molecule has 0 spiro atoms. The molecular weight excluding hydrogens is 292 g/mol. The van der Waals surface area contributed by atoms with E-state index in [1.807, 2.05) is 0 Å². The summed E-state index contributed by atoms with van der Waals surface area (Å²) >= 11 is 0. The van der Waals surface area contributed by atoms with Crippen LogP contribution in [-0.2, 0) is 10.8 Å². The third-order valence-corrected chi connectivity index (χ3v) is 6.30. The predicted octanol–water partition coefficient (Wildman–Crippen LogP) is 3.62. The van der Waals surface area contributed by atoms with E-state index in [1.165, 1.54) is 0 Å².